The van der Waals surface area contributed by atoms with E-state index in [-0.39, 0.29) is 31.4 Å². The number of anilines is 1. The molecule has 2 aromatic rings. The molecule has 30 heavy (non-hydrogen) atoms. The molecule has 0 radical (unpaired) electrons. The predicted molar refractivity (Wildman–Crippen MR) is 96.7 cm³/mol. The molecular formula is C18H14F3N3O6. The average molecular weight is 425 g/mol. The zero-order valence-corrected chi connectivity index (χ0v) is 15.1. The summed E-state index contributed by atoms with van der Waals surface area (Å²) in [7, 11) is 0. The minimum Gasteiger partial charge on any atom is -0.467 e. The Morgan fingerprint density at radius 2 is 2.13 bits per heavy atom. The Labute approximate surface area is 167 Å². The molecule has 1 aliphatic rings. The molecule has 0 saturated carbocycles. The van der Waals surface area contributed by atoms with Crippen molar-refractivity contribution in [1.82, 2.24) is 0 Å². The number of nitrogens with zero attached hydrogens (tertiary/aromatic N) is 2. The highest BCUT2D eigenvalue weighted by atomic mass is 19.4. The number of nitro benzene ring substituents is 1. The first kappa shape index (κ1) is 21.0. The van der Waals surface area contributed by atoms with Gasteiger partial charge in [-0.1, -0.05) is 11.2 Å². The first-order chi connectivity index (χ1) is 14.2. The van der Waals surface area contributed by atoms with E-state index in [1.165, 1.54) is 18.2 Å². The summed E-state index contributed by atoms with van der Waals surface area (Å²) in [6.45, 7) is -0.134. The van der Waals surface area contributed by atoms with Crippen LogP contribution in [0.2, 0.25) is 0 Å². The van der Waals surface area contributed by atoms with Gasteiger partial charge in [0.15, 0.2) is 6.79 Å². The minimum absolute atomic E-state index is 0.0273. The second kappa shape index (κ2) is 8.78. The van der Waals surface area contributed by atoms with Crippen LogP contribution in [0.25, 0.3) is 0 Å². The Bertz CT molecular complexity index is 994. The van der Waals surface area contributed by atoms with Crippen LogP contribution in [0.3, 0.4) is 0 Å². The second-order valence-corrected chi connectivity index (χ2v) is 6.04. The summed E-state index contributed by atoms with van der Waals surface area (Å²) in [5.41, 5.74) is -0.360. The number of oxime groups is 1. The van der Waals surface area contributed by atoms with Gasteiger partial charge in [0.25, 0.3) is 11.6 Å². The zero-order valence-electron chi connectivity index (χ0n) is 15.1. The number of ether oxygens (including phenoxy) is 2. The number of halogens is 3. The van der Waals surface area contributed by atoms with Gasteiger partial charge >= 0.3 is 6.18 Å². The quantitative estimate of drug-likeness (QED) is 0.430. The Hall–Kier alpha value is -3.67. The topological polar surface area (TPSA) is 112 Å². The number of carbonyl (C=O) groups excluding carboxylic acids is 1. The average Bonchev–Trinajstić information content (AvgIpc) is 2.70. The molecule has 2 aromatic carbocycles. The molecule has 0 bridgehead atoms. The van der Waals surface area contributed by atoms with Crippen LogP contribution in [0.5, 0.6) is 5.75 Å². The fourth-order valence-corrected chi connectivity index (χ4v) is 2.63. The number of hydrogen-bond donors (Lipinski definition) is 1. The third-order valence-electron chi connectivity index (χ3n) is 3.90. The molecule has 9 nitrogen and oxygen atoms in total. The molecule has 1 aliphatic heterocycles. The van der Waals surface area contributed by atoms with Crippen molar-refractivity contribution < 1.29 is 37.2 Å². The lowest BCUT2D eigenvalue weighted by Gasteiger charge is -2.19. The lowest BCUT2D eigenvalue weighted by atomic mass is 10.1. The summed E-state index contributed by atoms with van der Waals surface area (Å²) in [5, 5.41) is 16.7. The van der Waals surface area contributed by atoms with E-state index in [4.69, 9.17) is 14.3 Å². The van der Waals surface area contributed by atoms with Gasteiger partial charge in [-0.2, -0.15) is 13.2 Å². The van der Waals surface area contributed by atoms with Crippen LogP contribution < -0.4 is 10.1 Å². The highest BCUT2D eigenvalue weighted by Crippen LogP contribution is 2.33. The molecule has 12 heteroatoms. The summed E-state index contributed by atoms with van der Waals surface area (Å²) < 4.78 is 48.5. The molecule has 0 aliphatic carbocycles. The van der Waals surface area contributed by atoms with Crippen LogP contribution in [0.15, 0.2) is 41.6 Å². The van der Waals surface area contributed by atoms with E-state index in [0.29, 0.717) is 16.9 Å². The van der Waals surface area contributed by atoms with Gasteiger partial charge in [0.1, 0.15) is 18.6 Å². The number of fused-ring (bicyclic) bond motifs is 1. The van der Waals surface area contributed by atoms with E-state index in [9.17, 15) is 28.1 Å². The largest absolute Gasteiger partial charge is 0.467 e. The van der Waals surface area contributed by atoms with Crippen molar-refractivity contribution in [3.63, 3.8) is 0 Å². The Morgan fingerprint density at radius 1 is 1.33 bits per heavy atom. The van der Waals surface area contributed by atoms with Crippen LogP contribution in [0.4, 0.5) is 24.5 Å². The maximum atomic E-state index is 12.7. The van der Waals surface area contributed by atoms with E-state index in [0.717, 1.165) is 24.4 Å². The number of non-ortho nitro benzene ring substituents is 1. The second-order valence-electron chi connectivity index (χ2n) is 6.04. The molecule has 3 rings (SSSR count). The summed E-state index contributed by atoms with van der Waals surface area (Å²) >= 11 is 0. The number of alkyl halides is 3. The Balaban J connectivity index is 1.62. The Morgan fingerprint density at radius 3 is 2.87 bits per heavy atom. The third kappa shape index (κ3) is 5.23. The highest BCUT2D eigenvalue weighted by Gasteiger charge is 2.30. The van der Waals surface area contributed by atoms with E-state index >= 15 is 0 Å². The van der Waals surface area contributed by atoms with Crippen molar-refractivity contribution in [2.45, 2.75) is 19.4 Å². The molecule has 0 spiro atoms. The van der Waals surface area contributed by atoms with Crippen LogP contribution in [0, 0.1) is 10.1 Å². The molecule has 1 heterocycles. The Kier molecular flexibility index (Phi) is 6.16. The monoisotopic (exact) mass is 425 g/mol. The van der Waals surface area contributed by atoms with Crippen molar-refractivity contribution in [2.24, 2.45) is 5.16 Å². The maximum absolute atomic E-state index is 12.7. The number of nitrogens with one attached hydrogen (secondary N) is 1. The van der Waals surface area contributed by atoms with Crippen LogP contribution in [-0.2, 0) is 33.8 Å². The summed E-state index contributed by atoms with van der Waals surface area (Å²) in [5.74, 6) is -0.449. The molecular weight excluding hydrogens is 411 g/mol. The van der Waals surface area contributed by atoms with Gasteiger partial charge in [-0.3, -0.25) is 14.9 Å². The van der Waals surface area contributed by atoms with Crippen molar-refractivity contribution in [3.8, 4) is 5.75 Å². The fourth-order valence-electron chi connectivity index (χ4n) is 2.63. The normalized spacial score (nSPS) is 13.4. The fraction of sp³-hybridized carbons (Fsp3) is 0.222. The highest BCUT2D eigenvalue weighted by molar-refractivity contribution is 6.31. The molecule has 0 unspecified atom stereocenters. The van der Waals surface area contributed by atoms with Gasteiger partial charge in [0, 0.05) is 28.9 Å². The van der Waals surface area contributed by atoms with E-state index in [2.05, 4.69) is 10.5 Å². The first-order valence-corrected chi connectivity index (χ1v) is 8.38. The molecule has 0 saturated heterocycles. The van der Waals surface area contributed by atoms with E-state index in [1.54, 1.807) is 0 Å². The lowest BCUT2D eigenvalue weighted by molar-refractivity contribution is -0.385. The minimum atomic E-state index is -4.54. The van der Waals surface area contributed by atoms with Gasteiger partial charge in [0.05, 0.1) is 17.1 Å². The molecule has 0 fully saturated rings. The number of amides is 1. The molecule has 0 aromatic heterocycles. The summed E-state index contributed by atoms with van der Waals surface area (Å²) in [4.78, 5) is 27.3. The predicted octanol–water partition coefficient (Wildman–Crippen LogP) is 3.62. The van der Waals surface area contributed by atoms with E-state index in [1.807, 2.05) is 0 Å². The van der Waals surface area contributed by atoms with Crippen molar-refractivity contribution in [1.29, 1.82) is 0 Å². The van der Waals surface area contributed by atoms with Crippen molar-refractivity contribution in [3.05, 3.63) is 63.2 Å². The number of hydrogen-bond acceptors (Lipinski definition) is 7. The van der Waals surface area contributed by atoms with Crippen molar-refractivity contribution in [2.75, 3.05) is 12.1 Å². The van der Waals surface area contributed by atoms with Crippen molar-refractivity contribution >= 4 is 23.5 Å². The van der Waals surface area contributed by atoms with Gasteiger partial charge in [-0.25, -0.2) is 0 Å². The van der Waals surface area contributed by atoms with Gasteiger partial charge in [-0.15, -0.1) is 0 Å². The van der Waals surface area contributed by atoms with Crippen LogP contribution in [0.1, 0.15) is 16.7 Å². The molecule has 158 valence electrons. The smallest absolute Gasteiger partial charge is 0.416 e. The molecule has 0 atom stereocenters. The standard InChI is InChI=1S/C18H14F3N3O6/c19-18(20,21)13-2-1-3-14(6-13)23-16(25)7-22-30-9-12-5-15(24(26)27)4-11-8-28-10-29-17(11)12/h1-7H,8-10H2,(H,23,25)/b22-7+. The van der Waals surface area contributed by atoms with E-state index < -0.39 is 22.6 Å². The molecule has 1 amide bonds. The number of rotatable bonds is 6. The maximum Gasteiger partial charge on any atom is 0.416 e. The third-order valence-corrected chi connectivity index (χ3v) is 3.90. The van der Waals surface area contributed by atoms with Crippen LogP contribution in [-0.4, -0.2) is 23.8 Å². The zero-order chi connectivity index (χ0) is 21.7. The summed E-state index contributed by atoms with van der Waals surface area (Å²) in [6, 6.07) is 6.67. The molecule has 1 N–H and O–H groups in total. The number of nitro groups is 1. The van der Waals surface area contributed by atoms with Crippen LogP contribution >= 0.6 is 0 Å². The van der Waals surface area contributed by atoms with Gasteiger partial charge in [0.2, 0.25) is 0 Å². The van der Waals surface area contributed by atoms with Gasteiger partial charge < -0.3 is 19.6 Å². The first-order valence-electron chi connectivity index (χ1n) is 8.38. The number of carbonyl (C=O) groups is 1. The SMILES string of the molecule is O=C(/C=N/OCc1cc([N+](=O)[O-])cc2c1OCOC2)Nc1cccc(C(F)(F)F)c1. The summed E-state index contributed by atoms with van der Waals surface area (Å²) in [6.07, 6.45) is -3.81. The lowest BCUT2D eigenvalue weighted by Crippen LogP contribution is -2.15. The van der Waals surface area contributed by atoms with Gasteiger partial charge in [-0.05, 0) is 18.2 Å². The number of benzene rings is 2.